The van der Waals surface area contributed by atoms with Crippen LogP contribution in [0.4, 0.5) is 29.0 Å². The summed E-state index contributed by atoms with van der Waals surface area (Å²) in [6, 6.07) is 8.35. The molecule has 5 N–H and O–H groups in total. The number of rotatable bonds is 6. The van der Waals surface area contributed by atoms with Crippen LogP contribution >= 0.6 is 11.6 Å². The molecule has 0 spiro atoms. The van der Waals surface area contributed by atoms with Crippen molar-refractivity contribution in [1.29, 1.82) is 0 Å². The van der Waals surface area contributed by atoms with E-state index in [1.54, 1.807) is 0 Å². The summed E-state index contributed by atoms with van der Waals surface area (Å²) in [5.41, 5.74) is 11.6. The molecule has 168 valence electrons. The van der Waals surface area contributed by atoms with Crippen LogP contribution in [-0.4, -0.2) is 34.1 Å². The lowest BCUT2D eigenvalue weighted by Gasteiger charge is -2.29. The highest BCUT2D eigenvalue weighted by Crippen LogP contribution is 2.41. The summed E-state index contributed by atoms with van der Waals surface area (Å²) in [5.74, 6) is 2.15. The highest BCUT2D eigenvalue weighted by Gasteiger charge is 2.35. The summed E-state index contributed by atoms with van der Waals surface area (Å²) in [6.45, 7) is 8.54. The van der Waals surface area contributed by atoms with Crippen LogP contribution in [0.5, 0.6) is 0 Å². The normalized spacial score (nSPS) is 21.0. The molecule has 1 saturated carbocycles. The number of fused-ring (bicyclic) bond motifs is 1. The van der Waals surface area contributed by atoms with Crippen molar-refractivity contribution in [2.24, 2.45) is 5.73 Å². The van der Waals surface area contributed by atoms with Crippen LogP contribution in [0.2, 0.25) is 5.02 Å². The Morgan fingerprint density at radius 1 is 1.10 bits per heavy atom. The van der Waals surface area contributed by atoms with Gasteiger partial charge in [0, 0.05) is 34.9 Å². The smallest absolute Gasteiger partial charge is 0.227 e. The Morgan fingerprint density at radius 2 is 1.84 bits per heavy atom. The largest absolute Gasteiger partial charge is 0.350 e. The van der Waals surface area contributed by atoms with E-state index in [2.05, 4.69) is 53.9 Å². The minimum absolute atomic E-state index is 0.112. The zero-order chi connectivity index (χ0) is 22.1. The van der Waals surface area contributed by atoms with Gasteiger partial charge < -0.3 is 16.4 Å². The van der Waals surface area contributed by atoms with Crippen molar-refractivity contribution in [2.75, 3.05) is 20.7 Å². The third kappa shape index (κ3) is 4.66. The maximum atomic E-state index is 6.38. The van der Waals surface area contributed by atoms with Gasteiger partial charge in [-0.1, -0.05) is 30.5 Å². The molecule has 2 aliphatic rings. The maximum Gasteiger partial charge on any atom is 0.227 e. The Labute approximate surface area is 189 Å². The highest BCUT2D eigenvalue weighted by molar-refractivity contribution is 6.30. The second-order valence-corrected chi connectivity index (χ2v) is 9.37. The van der Waals surface area contributed by atoms with Gasteiger partial charge in [0.25, 0.3) is 0 Å². The third-order valence-electron chi connectivity index (χ3n) is 5.80. The van der Waals surface area contributed by atoms with E-state index in [9.17, 15) is 0 Å². The quantitative estimate of drug-likeness (QED) is 0.520. The Hall–Kier alpha value is -2.29. The zero-order valence-electron chi connectivity index (χ0n) is 18.7. The molecular formula is C22H33ClN8. The second-order valence-electron chi connectivity index (χ2n) is 8.93. The molecule has 0 saturated heterocycles. The molecule has 0 amide bonds. The van der Waals surface area contributed by atoms with Crippen molar-refractivity contribution in [1.82, 2.24) is 15.5 Å². The first-order valence-corrected chi connectivity index (χ1v) is 11.5. The van der Waals surface area contributed by atoms with E-state index in [1.165, 1.54) is 12.8 Å². The molecule has 1 aliphatic carbocycles. The van der Waals surface area contributed by atoms with Crippen molar-refractivity contribution in [3.63, 3.8) is 0 Å². The number of hydrogen-bond acceptors (Lipinski definition) is 8. The molecule has 1 fully saturated rings. The van der Waals surface area contributed by atoms with Gasteiger partial charge in [0.05, 0.1) is 0 Å². The maximum absolute atomic E-state index is 6.38. The molecule has 31 heavy (non-hydrogen) atoms. The summed E-state index contributed by atoms with van der Waals surface area (Å²) in [7, 11) is 0. The summed E-state index contributed by atoms with van der Waals surface area (Å²) >= 11 is 6.22. The molecule has 1 aromatic heterocycles. The molecule has 2 atom stereocenters. The lowest BCUT2D eigenvalue weighted by Crippen LogP contribution is -2.50. The van der Waals surface area contributed by atoms with Crippen LogP contribution in [0, 0.1) is 0 Å². The van der Waals surface area contributed by atoms with Crippen molar-refractivity contribution < 1.29 is 0 Å². The Kier molecular flexibility index (Phi) is 6.41. The van der Waals surface area contributed by atoms with E-state index in [-0.39, 0.29) is 24.2 Å². The fourth-order valence-corrected chi connectivity index (χ4v) is 4.33. The minimum Gasteiger partial charge on any atom is -0.350 e. The average molecular weight is 445 g/mol. The molecule has 8 nitrogen and oxygen atoms in total. The van der Waals surface area contributed by atoms with E-state index < -0.39 is 0 Å². The fraction of sp³-hybridized carbons (Fsp3) is 0.545. The number of nitrogens with zero attached hydrogens (tertiary/aromatic N) is 4. The van der Waals surface area contributed by atoms with Gasteiger partial charge in [-0.2, -0.15) is 9.97 Å². The molecule has 1 aliphatic heterocycles. The predicted molar refractivity (Wildman–Crippen MR) is 129 cm³/mol. The lowest BCUT2D eigenvalue weighted by atomic mass is 9.91. The van der Waals surface area contributed by atoms with Crippen molar-refractivity contribution in [3.05, 3.63) is 29.3 Å². The Bertz CT molecular complexity index is 918. The van der Waals surface area contributed by atoms with E-state index in [0.717, 1.165) is 35.9 Å². The number of halogens is 1. The number of nitrogens with two attached hydrogens (primary N) is 1. The van der Waals surface area contributed by atoms with Gasteiger partial charge in [0.15, 0.2) is 11.6 Å². The predicted octanol–water partition coefficient (Wildman–Crippen LogP) is 4.42. The summed E-state index contributed by atoms with van der Waals surface area (Å²) < 4.78 is 0. The summed E-state index contributed by atoms with van der Waals surface area (Å²) in [6.07, 6.45) is 4.41. The van der Waals surface area contributed by atoms with Crippen molar-refractivity contribution >= 4 is 40.6 Å². The zero-order valence-corrected chi connectivity index (χ0v) is 19.4. The molecule has 0 radical (unpaired) electrons. The van der Waals surface area contributed by atoms with Gasteiger partial charge in [-0.05, 0) is 58.7 Å². The van der Waals surface area contributed by atoms with Gasteiger partial charge in [0.2, 0.25) is 5.95 Å². The van der Waals surface area contributed by atoms with Crippen LogP contribution in [0.25, 0.3) is 0 Å². The van der Waals surface area contributed by atoms with E-state index >= 15 is 0 Å². The number of aromatic nitrogens is 2. The monoisotopic (exact) mass is 444 g/mol. The van der Waals surface area contributed by atoms with Crippen LogP contribution < -0.4 is 31.9 Å². The first-order valence-electron chi connectivity index (χ1n) is 11.1. The van der Waals surface area contributed by atoms with Crippen molar-refractivity contribution in [3.8, 4) is 0 Å². The summed E-state index contributed by atoms with van der Waals surface area (Å²) in [4.78, 5) is 9.80. The fourth-order valence-electron chi connectivity index (χ4n) is 4.14. The lowest BCUT2D eigenvalue weighted by molar-refractivity contribution is 0.402. The Balaban J connectivity index is 1.76. The number of hydrazine groups is 2. The van der Waals surface area contributed by atoms with Crippen LogP contribution in [0.15, 0.2) is 24.3 Å². The minimum atomic E-state index is 0.112. The van der Waals surface area contributed by atoms with Crippen LogP contribution in [-0.2, 0) is 0 Å². The Morgan fingerprint density at radius 3 is 2.52 bits per heavy atom. The molecule has 2 unspecified atom stereocenters. The molecule has 2 heterocycles. The number of anilines is 5. The standard InChI is InChI=1S/C22H33ClN8/c1-13(2)30-19-20(25-16-9-7-8-15(23)12-16)27-22(26-18-11-6-5-10-17(18)24)28-21(19)31(29-30)14(3)4/h7-9,12-14,17-18,29H,5-6,10-11,24H2,1-4H3,(H2,25,26,27,28). The SMILES string of the molecule is CC(C)N1NN(C(C)C)c2c(Nc3cccc(Cl)c3)nc(NC3CCCCC3N)nc21. The third-order valence-corrected chi connectivity index (χ3v) is 6.04. The van der Waals surface area contributed by atoms with Gasteiger partial charge >= 0.3 is 0 Å². The molecule has 9 heteroatoms. The number of hydrogen-bond donors (Lipinski definition) is 4. The molecular weight excluding hydrogens is 412 g/mol. The second kappa shape index (κ2) is 9.06. The van der Waals surface area contributed by atoms with E-state index in [0.29, 0.717) is 11.0 Å². The molecule has 1 aromatic carbocycles. The van der Waals surface area contributed by atoms with Gasteiger partial charge in [-0.3, -0.25) is 10.0 Å². The van der Waals surface area contributed by atoms with Crippen molar-refractivity contribution in [2.45, 2.75) is 77.5 Å². The number of nitrogens with one attached hydrogen (secondary N) is 3. The van der Waals surface area contributed by atoms with Gasteiger partial charge in [-0.25, -0.2) is 0 Å². The average Bonchev–Trinajstić information content (AvgIpc) is 3.10. The van der Waals surface area contributed by atoms with E-state index in [4.69, 9.17) is 27.3 Å². The van der Waals surface area contributed by atoms with Gasteiger partial charge in [-0.15, -0.1) is 5.53 Å². The molecule has 4 rings (SSSR count). The van der Waals surface area contributed by atoms with Crippen LogP contribution in [0.1, 0.15) is 53.4 Å². The van der Waals surface area contributed by atoms with E-state index in [1.807, 2.05) is 24.3 Å². The highest BCUT2D eigenvalue weighted by atomic mass is 35.5. The number of benzene rings is 1. The first kappa shape index (κ1) is 21.9. The summed E-state index contributed by atoms with van der Waals surface area (Å²) in [5, 5.41) is 11.8. The molecule has 2 aromatic rings. The molecule has 0 bridgehead atoms. The first-order chi connectivity index (χ1) is 14.8. The van der Waals surface area contributed by atoms with Gasteiger partial charge in [0.1, 0.15) is 5.69 Å². The van der Waals surface area contributed by atoms with Crippen LogP contribution in [0.3, 0.4) is 0 Å². The topological polar surface area (TPSA) is 94.4 Å².